The molecule has 0 aliphatic heterocycles. The molecule has 1 aliphatic rings. The largest absolute Gasteiger partial charge is 0.481 e. The Labute approximate surface area is 120 Å². The van der Waals surface area contributed by atoms with Crippen molar-refractivity contribution < 1.29 is 14.8 Å². The summed E-state index contributed by atoms with van der Waals surface area (Å²) in [5.41, 5.74) is 0.198. The van der Waals surface area contributed by atoms with Crippen molar-refractivity contribution in [1.82, 2.24) is 4.98 Å². The standard InChI is InChI=1S/C12H14ClN3O4/c13-11-5-9(10(6-14-11)16(19)20)15-8-3-1-7(2-4-8)12(17)18/h5-8H,1-4H2,(H,14,15)(H,17,18)/t7-,8-. The molecule has 108 valence electrons. The van der Waals surface area contributed by atoms with Crippen LogP contribution < -0.4 is 5.32 Å². The second kappa shape index (κ2) is 6.04. The number of aliphatic carboxylic acids is 1. The first-order chi connectivity index (χ1) is 9.47. The van der Waals surface area contributed by atoms with Crippen molar-refractivity contribution in [2.45, 2.75) is 31.7 Å². The van der Waals surface area contributed by atoms with E-state index in [9.17, 15) is 14.9 Å². The van der Waals surface area contributed by atoms with E-state index < -0.39 is 10.9 Å². The molecule has 1 fully saturated rings. The zero-order valence-electron chi connectivity index (χ0n) is 10.6. The third-order valence-corrected chi connectivity index (χ3v) is 3.69. The van der Waals surface area contributed by atoms with Crippen LogP contribution in [0.2, 0.25) is 5.15 Å². The number of carboxylic acid groups (broad SMARTS) is 1. The SMILES string of the molecule is O=C(O)[C@H]1CC[C@H](Nc2cc(Cl)ncc2[N+](=O)[O-])CC1. The van der Waals surface area contributed by atoms with Gasteiger partial charge in [0.1, 0.15) is 17.0 Å². The van der Waals surface area contributed by atoms with E-state index >= 15 is 0 Å². The number of carboxylic acids is 1. The molecule has 0 radical (unpaired) electrons. The van der Waals surface area contributed by atoms with Crippen LogP contribution in [0.3, 0.4) is 0 Å². The number of carbonyl (C=O) groups is 1. The first-order valence-corrected chi connectivity index (χ1v) is 6.64. The average molecular weight is 300 g/mol. The van der Waals surface area contributed by atoms with Gasteiger partial charge in [0, 0.05) is 12.1 Å². The fraction of sp³-hybridized carbons (Fsp3) is 0.500. The number of rotatable bonds is 4. The van der Waals surface area contributed by atoms with Crippen LogP contribution in [-0.2, 0) is 4.79 Å². The number of aromatic nitrogens is 1. The molecule has 1 aromatic rings. The molecular formula is C12H14ClN3O4. The van der Waals surface area contributed by atoms with Crippen LogP contribution in [0, 0.1) is 16.0 Å². The zero-order valence-corrected chi connectivity index (χ0v) is 11.3. The highest BCUT2D eigenvalue weighted by molar-refractivity contribution is 6.29. The number of halogens is 1. The van der Waals surface area contributed by atoms with Crippen LogP contribution in [0.5, 0.6) is 0 Å². The lowest BCUT2D eigenvalue weighted by molar-refractivity contribution is -0.384. The lowest BCUT2D eigenvalue weighted by atomic mass is 9.86. The molecule has 1 heterocycles. The molecule has 2 rings (SSSR count). The molecule has 0 amide bonds. The second-order valence-corrected chi connectivity index (χ2v) is 5.20. The number of hydrogen-bond acceptors (Lipinski definition) is 5. The van der Waals surface area contributed by atoms with E-state index in [2.05, 4.69) is 10.3 Å². The Bertz CT molecular complexity index is 529. The lowest BCUT2D eigenvalue weighted by Crippen LogP contribution is -2.29. The maximum atomic E-state index is 10.9. The number of nitrogens with one attached hydrogen (secondary N) is 1. The maximum absolute atomic E-state index is 10.9. The summed E-state index contributed by atoms with van der Waals surface area (Å²) in [6.45, 7) is 0. The molecular weight excluding hydrogens is 286 g/mol. The van der Waals surface area contributed by atoms with E-state index in [-0.39, 0.29) is 22.8 Å². The molecule has 1 saturated carbocycles. The van der Waals surface area contributed by atoms with Gasteiger partial charge in [-0.05, 0) is 25.7 Å². The summed E-state index contributed by atoms with van der Waals surface area (Å²) in [5.74, 6) is -1.09. The second-order valence-electron chi connectivity index (χ2n) is 4.81. The monoisotopic (exact) mass is 299 g/mol. The normalized spacial score (nSPS) is 22.2. The van der Waals surface area contributed by atoms with E-state index in [1.807, 2.05) is 0 Å². The summed E-state index contributed by atoms with van der Waals surface area (Å²) in [6, 6.07) is 1.44. The number of pyridine rings is 1. The first kappa shape index (κ1) is 14.5. The topological polar surface area (TPSA) is 105 Å². The van der Waals surface area contributed by atoms with Gasteiger partial charge in [0.2, 0.25) is 0 Å². The molecule has 0 bridgehead atoms. The van der Waals surface area contributed by atoms with Crippen molar-refractivity contribution in [3.05, 3.63) is 27.5 Å². The highest BCUT2D eigenvalue weighted by Crippen LogP contribution is 2.31. The summed E-state index contributed by atoms with van der Waals surface area (Å²) in [5, 5.41) is 23.1. The third kappa shape index (κ3) is 3.36. The van der Waals surface area contributed by atoms with E-state index in [1.54, 1.807) is 0 Å². The van der Waals surface area contributed by atoms with Gasteiger partial charge < -0.3 is 10.4 Å². The predicted molar refractivity (Wildman–Crippen MR) is 72.9 cm³/mol. The summed E-state index contributed by atoms with van der Waals surface area (Å²) in [7, 11) is 0. The molecule has 0 unspecified atom stereocenters. The molecule has 0 spiro atoms. The van der Waals surface area contributed by atoms with Crippen LogP contribution in [0.1, 0.15) is 25.7 Å². The van der Waals surface area contributed by atoms with Crippen LogP contribution in [-0.4, -0.2) is 27.0 Å². The molecule has 1 aromatic heterocycles. The summed E-state index contributed by atoms with van der Waals surface area (Å²) >= 11 is 5.75. The van der Waals surface area contributed by atoms with Gasteiger partial charge >= 0.3 is 11.7 Å². The molecule has 0 atom stereocenters. The minimum absolute atomic E-state index is 0.0165. The van der Waals surface area contributed by atoms with E-state index in [0.717, 1.165) is 6.20 Å². The molecule has 1 aliphatic carbocycles. The van der Waals surface area contributed by atoms with Gasteiger partial charge in [0.05, 0.1) is 10.8 Å². The maximum Gasteiger partial charge on any atom is 0.310 e. The highest BCUT2D eigenvalue weighted by atomic mass is 35.5. The van der Waals surface area contributed by atoms with E-state index in [1.165, 1.54) is 6.07 Å². The summed E-state index contributed by atoms with van der Waals surface area (Å²) in [6.07, 6.45) is 3.58. The van der Waals surface area contributed by atoms with Crippen LogP contribution >= 0.6 is 11.6 Å². The summed E-state index contributed by atoms with van der Waals surface area (Å²) < 4.78 is 0. The van der Waals surface area contributed by atoms with Gasteiger partial charge in [0.15, 0.2) is 0 Å². The fourth-order valence-electron chi connectivity index (χ4n) is 2.39. The van der Waals surface area contributed by atoms with Crippen molar-refractivity contribution in [3.8, 4) is 0 Å². The van der Waals surface area contributed by atoms with Crippen molar-refractivity contribution >= 4 is 28.9 Å². The number of nitro groups is 1. The van der Waals surface area contributed by atoms with Crippen LogP contribution in [0.25, 0.3) is 0 Å². The molecule has 2 N–H and O–H groups in total. The van der Waals surface area contributed by atoms with Gasteiger partial charge in [-0.25, -0.2) is 4.98 Å². The Hall–Kier alpha value is -1.89. The highest BCUT2D eigenvalue weighted by Gasteiger charge is 2.27. The fourth-order valence-corrected chi connectivity index (χ4v) is 2.55. The smallest absolute Gasteiger partial charge is 0.310 e. The van der Waals surface area contributed by atoms with Crippen molar-refractivity contribution in [2.75, 3.05) is 5.32 Å². The zero-order chi connectivity index (χ0) is 14.7. The Balaban J connectivity index is 2.06. The average Bonchev–Trinajstić information content (AvgIpc) is 2.39. The molecule has 7 nitrogen and oxygen atoms in total. The minimum Gasteiger partial charge on any atom is -0.481 e. The Morgan fingerprint density at radius 2 is 2.10 bits per heavy atom. The van der Waals surface area contributed by atoms with Crippen LogP contribution in [0.15, 0.2) is 12.3 Å². The van der Waals surface area contributed by atoms with Crippen molar-refractivity contribution in [3.63, 3.8) is 0 Å². The van der Waals surface area contributed by atoms with E-state index in [4.69, 9.17) is 16.7 Å². The van der Waals surface area contributed by atoms with Gasteiger partial charge in [-0.2, -0.15) is 0 Å². The number of nitrogens with zero attached hydrogens (tertiary/aromatic N) is 2. The molecule has 0 saturated heterocycles. The third-order valence-electron chi connectivity index (χ3n) is 3.48. The van der Waals surface area contributed by atoms with Gasteiger partial charge in [-0.3, -0.25) is 14.9 Å². The van der Waals surface area contributed by atoms with Crippen molar-refractivity contribution in [2.24, 2.45) is 5.92 Å². The van der Waals surface area contributed by atoms with Gasteiger partial charge in [-0.15, -0.1) is 0 Å². The Morgan fingerprint density at radius 3 is 2.65 bits per heavy atom. The first-order valence-electron chi connectivity index (χ1n) is 6.26. The number of hydrogen-bond donors (Lipinski definition) is 2. The van der Waals surface area contributed by atoms with Gasteiger partial charge in [-0.1, -0.05) is 11.6 Å². The Morgan fingerprint density at radius 1 is 1.45 bits per heavy atom. The van der Waals surface area contributed by atoms with Crippen LogP contribution in [0.4, 0.5) is 11.4 Å². The predicted octanol–water partition coefficient (Wildman–Crippen LogP) is 2.70. The minimum atomic E-state index is -0.776. The molecule has 8 heteroatoms. The van der Waals surface area contributed by atoms with Crippen molar-refractivity contribution in [1.29, 1.82) is 0 Å². The number of anilines is 1. The molecule has 0 aromatic carbocycles. The lowest BCUT2D eigenvalue weighted by Gasteiger charge is -2.27. The molecule has 20 heavy (non-hydrogen) atoms. The Kier molecular flexibility index (Phi) is 4.39. The quantitative estimate of drug-likeness (QED) is 0.503. The summed E-state index contributed by atoms with van der Waals surface area (Å²) in [4.78, 5) is 25.0. The van der Waals surface area contributed by atoms with E-state index in [0.29, 0.717) is 31.4 Å². The van der Waals surface area contributed by atoms with Gasteiger partial charge in [0.25, 0.3) is 0 Å².